The summed E-state index contributed by atoms with van der Waals surface area (Å²) in [5.41, 5.74) is 0.991. The van der Waals surface area contributed by atoms with Gasteiger partial charge in [0.1, 0.15) is 11.9 Å². The van der Waals surface area contributed by atoms with Gasteiger partial charge in [-0.2, -0.15) is 0 Å². The minimum absolute atomic E-state index is 0.100. The van der Waals surface area contributed by atoms with E-state index in [0.29, 0.717) is 16.9 Å². The Bertz CT molecular complexity index is 360. The van der Waals surface area contributed by atoms with Gasteiger partial charge in [-0.05, 0) is 24.6 Å². The number of carbonyl (C=O) groups excluding carboxylic acids is 1. The van der Waals surface area contributed by atoms with Gasteiger partial charge in [0.25, 0.3) is 0 Å². The van der Waals surface area contributed by atoms with Gasteiger partial charge < -0.3 is 14.9 Å². The van der Waals surface area contributed by atoms with Crippen molar-refractivity contribution in [3.8, 4) is 5.75 Å². The van der Waals surface area contributed by atoms with Crippen LogP contribution in [0.15, 0.2) is 18.2 Å². The van der Waals surface area contributed by atoms with Crippen molar-refractivity contribution in [1.82, 2.24) is 0 Å². The van der Waals surface area contributed by atoms with E-state index in [1.807, 2.05) is 0 Å². The van der Waals surface area contributed by atoms with Crippen LogP contribution in [0.2, 0.25) is 0 Å². The number of carbonyl (C=O) groups is 1. The van der Waals surface area contributed by atoms with Crippen molar-refractivity contribution in [2.24, 2.45) is 0 Å². The van der Waals surface area contributed by atoms with Gasteiger partial charge >= 0.3 is 0 Å². The van der Waals surface area contributed by atoms with E-state index in [1.54, 1.807) is 18.2 Å². The van der Waals surface area contributed by atoms with Gasteiger partial charge in [0, 0.05) is 0 Å². The Morgan fingerprint density at radius 3 is 2.67 bits per heavy atom. The lowest BCUT2D eigenvalue weighted by molar-refractivity contribution is 0.0951. The fourth-order valence-electron chi connectivity index (χ4n) is 1.31. The maximum Gasteiger partial charge on any atom is 0.163 e. The van der Waals surface area contributed by atoms with E-state index in [0.717, 1.165) is 0 Å². The van der Waals surface area contributed by atoms with Crippen molar-refractivity contribution in [3.05, 3.63) is 29.3 Å². The highest BCUT2D eigenvalue weighted by atomic mass is 16.5. The molecule has 1 rings (SSSR count). The number of ether oxygens (including phenoxy) is 1. The minimum atomic E-state index is -0.945. The van der Waals surface area contributed by atoms with Crippen LogP contribution < -0.4 is 4.74 Å². The molecule has 1 aromatic rings. The van der Waals surface area contributed by atoms with E-state index >= 15 is 0 Å². The van der Waals surface area contributed by atoms with Crippen LogP contribution in [0, 0.1) is 0 Å². The number of aliphatic hydroxyl groups is 2. The molecule has 0 heterocycles. The zero-order valence-corrected chi connectivity index (χ0v) is 8.73. The topological polar surface area (TPSA) is 66.8 Å². The van der Waals surface area contributed by atoms with Crippen molar-refractivity contribution >= 4 is 5.78 Å². The zero-order chi connectivity index (χ0) is 11.4. The van der Waals surface area contributed by atoms with Gasteiger partial charge in [0.2, 0.25) is 0 Å². The lowest BCUT2D eigenvalue weighted by Crippen LogP contribution is -2.05. The third-order valence-electron chi connectivity index (χ3n) is 2.16. The van der Waals surface area contributed by atoms with Gasteiger partial charge in [-0.25, -0.2) is 0 Å². The number of methoxy groups -OCH3 is 1. The summed E-state index contributed by atoms with van der Waals surface area (Å²) in [4.78, 5) is 11.2. The highest BCUT2D eigenvalue weighted by Crippen LogP contribution is 2.24. The Hall–Kier alpha value is -1.39. The SMILES string of the molecule is COc1cc([C@@H](O)CO)ccc1C(C)=O. The Morgan fingerprint density at radius 1 is 1.53 bits per heavy atom. The average Bonchev–Trinajstić information content (AvgIpc) is 2.26. The molecule has 15 heavy (non-hydrogen) atoms. The monoisotopic (exact) mass is 210 g/mol. The molecule has 0 bridgehead atoms. The standard InChI is InChI=1S/C11H14O4/c1-7(13)9-4-3-8(10(14)6-12)5-11(9)15-2/h3-5,10,12,14H,6H2,1-2H3/t10-/m0/s1. The van der Waals surface area contributed by atoms with Crippen molar-refractivity contribution in [2.45, 2.75) is 13.0 Å². The second-order valence-electron chi connectivity index (χ2n) is 3.21. The molecule has 1 aromatic carbocycles. The molecule has 82 valence electrons. The van der Waals surface area contributed by atoms with Gasteiger partial charge in [-0.1, -0.05) is 6.07 Å². The summed E-state index contributed by atoms with van der Waals surface area (Å²) in [6.45, 7) is 1.09. The van der Waals surface area contributed by atoms with Crippen molar-refractivity contribution in [1.29, 1.82) is 0 Å². The molecule has 0 spiro atoms. The summed E-state index contributed by atoms with van der Waals surface area (Å²) < 4.78 is 5.03. The van der Waals surface area contributed by atoms with E-state index < -0.39 is 6.10 Å². The molecular weight excluding hydrogens is 196 g/mol. The highest BCUT2D eigenvalue weighted by molar-refractivity contribution is 5.96. The molecule has 0 aliphatic carbocycles. The van der Waals surface area contributed by atoms with Crippen LogP contribution in [-0.2, 0) is 0 Å². The van der Waals surface area contributed by atoms with Gasteiger partial charge in [0.05, 0.1) is 19.3 Å². The fourth-order valence-corrected chi connectivity index (χ4v) is 1.31. The second-order valence-corrected chi connectivity index (χ2v) is 3.21. The normalized spacial score (nSPS) is 12.3. The predicted octanol–water partition coefficient (Wildman–Crippen LogP) is 0.923. The van der Waals surface area contributed by atoms with E-state index in [2.05, 4.69) is 0 Å². The molecule has 0 saturated heterocycles. The summed E-state index contributed by atoms with van der Waals surface area (Å²) in [7, 11) is 1.46. The average molecular weight is 210 g/mol. The summed E-state index contributed by atoms with van der Waals surface area (Å²) in [6, 6.07) is 4.73. The highest BCUT2D eigenvalue weighted by Gasteiger charge is 2.12. The summed E-state index contributed by atoms with van der Waals surface area (Å²) in [5.74, 6) is 0.310. The lowest BCUT2D eigenvalue weighted by atomic mass is 10.0. The van der Waals surface area contributed by atoms with Crippen molar-refractivity contribution in [3.63, 3.8) is 0 Å². The first kappa shape index (κ1) is 11.7. The van der Waals surface area contributed by atoms with E-state index in [1.165, 1.54) is 14.0 Å². The Balaban J connectivity index is 3.13. The first-order valence-electron chi connectivity index (χ1n) is 4.58. The van der Waals surface area contributed by atoms with Crippen LogP contribution in [0.5, 0.6) is 5.75 Å². The van der Waals surface area contributed by atoms with E-state index in [-0.39, 0.29) is 12.4 Å². The van der Waals surface area contributed by atoms with Crippen molar-refractivity contribution in [2.75, 3.05) is 13.7 Å². The van der Waals surface area contributed by atoms with Crippen LogP contribution >= 0.6 is 0 Å². The minimum Gasteiger partial charge on any atom is -0.496 e. The van der Waals surface area contributed by atoms with Crippen LogP contribution in [0.4, 0.5) is 0 Å². The number of ketones is 1. The van der Waals surface area contributed by atoms with E-state index in [4.69, 9.17) is 9.84 Å². The third-order valence-corrected chi connectivity index (χ3v) is 2.16. The molecule has 1 atom stereocenters. The first-order valence-corrected chi connectivity index (χ1v) is 4.58. The number of hydrogen-bond acceptors (Lipinski definition) is 4. The summed E-state index contributed by atoms with van der Waals surface area (Å²) in [5, 5.41) is 18.2. The molecule has 0 aliphatic heterocycles. The molecule has 0 aromatic heterocycles. The summed E-state index contributed by atoms with van der Waals surface area (Å²) >= 11 is 0. The van der Waals surface area contributed by atoms with Crippen molar-refractivity contribution < 1.29 is 19.7 Å². The molecule has 0 aliphatic rings. The van der Waals surface area contributed by atoms with E-state index in [9.17, 15) is 9.90 Å². The number of benzene rings is 1. The van der Waals surface area contributed by atoms with Crippen LogP contribution in [0.25, 0.3) is 0 Å². The number of hydrogen-bond donors (Lipinski definition) is 2. The molecular formula is C11H14O4. The third kappa shape index (κ3) is 2.55. The molecule has 0 amide bonds. The van der Waals surface area contributed by atoms with Crippen LogP contribution in [0.3, 0.4) is 0 Å². The molecule has 0 unspecified atom stereocenters. The maximum absolute atomic E-state index is 11.2. The van der Waals surface area contributed by atoms with Crippen LogP contribution in [-0.4, -0.2) is 29.7 Å². The zero-order valence-electron chi connectivity index (χ0n) is 8.73. The number of Topliss-reactive ketones (excluding diaryl/α,β-unsaturated/α-hetero) is 1. The Morgan fingerprint density at radius 2 is 2.20 bits per heavy atom. The quantitative estimate of drug-likeness (QED) is 0.725. The Labute approximate surface area is 88.1 Å². The molecule has 0 radical (unpaired) electrons. The molecule has 4 heteroatoms. The van der Waals surface area contributed by atoms with Gasteiger partial charge in [-0.3, -0.25) is 4.79 Å². The second kappa shape index (κ2) is 4.91. The number of aliphatic hydroxyl groups excluding tert-OH is 2. The molecule has 4 nitrogen and oxygen atoms in total. The summed E-state index contributed by atoms with van der Waals surface area (Å²) in [6.07, 6.45) is -0.945. The molecule has 0 saturated carbocycles. The maximum atomic E-state index is 11.2. The smallest absolute Gasteiger partial charge is 0.163 e. The largest absolute Gasteiger partial charge is 0.496 e. The predicted molar refractivity (Wildman–Crippen MR) is 55.0 cm³/mol. The number of rotatable bonds is 4. The molecule has 2 N–H and O–H groups in total. The fraction of sp³-hybridized carbons (Fsp3) is 0.364. The van der Waals surface area contributed by atoms with Crippen LogP contribution in [0.1, 0.15) is 28.9 Å². The first-order chi connectivity index (χ1) is 7.10. The Kier molecular flexibility index (Phi) is 3.82. The van der Waals surface area contributed by atoms with Gasteiger partial charge in [-0.15, -0.1) is 0 Å². The molecule has 0 fully saturated rings. The van der Waals surface area contributed by atoms with Gasteiger partial charge in [0.15, 0.2) is 5.78 Å². The lowest BCUT2D eigenvalue weighted by Gasteiger charge is -2.11.